The van der Waals surface area contributed by atoms with Gasteiger partial charge in [0.2, 0.25) is 11.6 Å². The molecule has 0 spiro atoms. The average Bonchev–Trinajstić information content (AvgIpc) is 3.07. The van der Waals surface area contributed by atoms with Crippen molar-refractivity contribution < 1.29 is 32.3 Å². The van der Waals surface area contributed by atoms with E-state index in [0.717, 1.165) is 23.9 Å². The number of amides is 1. The van der Waals surface area contributed by atoms with Crippen molar-refractivity contribution in [2.75, 3.05) is 5.32 Å². The van der Waals surface area contributed by atoms with Crippen molar-refractivity contribution in [2.45, 2.75) is 29.8 Å². The minimum absolute atomic E-state index is 0.0374. The Labute approximate surface area is 178 Å². The molecule has 11 heteroatoms. The third-order valence-corrected chi connectivity index (χ3v) is 5.67. The molecule has 1 N–H and O–H groups in total. The predicted octanol–water partition coefficient (Wildman–Crippen LogP) is 4.21. The van der Waals surface area contributed by atoms with Gasteiger partial charge in [0.05, 0.1) is 21.8 Å². The molecule has 0 aliphatic heterocycles. The first kappa shape index (κ1) is 22.0. The molecule has 6 nitrogen and oxygen atoms in total. The minimum atomic E-state index is -4.70. The van der Waals surface area contributed by atoms with E-state index in [0.29, 0.717) is 5.69 Å². The van der Waals surface area contributed by atoms with Crippen LogP contribution in [0.25, 0.3) is 5.69 Å². The maximum atomic E-state index is 13.3. The molecular weight excluding hydrogens is 443 g/mol. The summed E-state index contributed by atoms with van der Waals surface area (Å²) in [6.45, 7) is 1.68. The number of carbonyl (C=O) groups excluding carboxylic acids is 1. The Morgan fingerprint density at radius 2 is 2.00 bits per heavy atom. The van der Waals surface area contributed by atoms with Crippen molar-refractivity contribution in [1.82, 2.24) is 5.27 Å². The Kier molecular flexibility index (Phi) is 6.57. The lowest BCUT2D eigenvalue weighted by atomic mass is 10.1. The van der Waals surface area contributed by atoms with Crippen molar-refractivity contribution in [2.24, 2.45) is 0 Å². The van der Waals surface area contributed by atoms with Crippen LogP contribution in [0.4, 0.5) is 18.9 Å². The Morgan fingerprint density at radius 3 is 2.63 bits per heavy atom. The molecule has 1 atom stereocenters. The highest BCUT2D eigenvalue weighted by Gasteiger charge is 2.35. The van der Waals surface area contributed by atoms with Crippen LogP contribution in [0.3, 0.4) is 0 Å². The zero-order chi connectivity index (χ0) is 21.9. The highest BCUT2D eigenvalue weighted by atomic mass is 35.5. The van der Waals surface area contributed by atoms with Crippen molar-refractivity contribution in [3.05, 3.63) is 59.1 Å². The fourth-order valence-corrected chi connectivity index (χ4v) is 3.75. The molecule has 0 saturated heterocycles. The van der Waals surface area contributed by atoms with Gasteiger partial charge in [0, 0.05) is 17.2 Å². The molecule has 3 aromatic rings. The topological polar surface area (TPSA) is 82.1 Å². The standard InChI is InChI=1S/C19H15ClF3N3O3S/c1-2-15(16(27)24-14-9-8-11(20)10-13(14)19(21,22)23)30-17-18(28)29-25-26(17)12-6-4-3-5-7-12/h3-10,15H,2H2,1H3,(H-,24,25,27,28). The summed E-state index contributed by atoms with van der Waals surface area (Å²) in [6, 6.07) is 11.7. The number of carbonyl (C=O) groups is 1. The van der Waals surface area contributed by atoms with Crippen LogP contribution in [0.5, 0.6) is 5.95 Å². The van der Waals surface area contributed by atoms with Crippen molar-refractivity contribution in [1.29, 1.82) is 0 Å². The number of hydrogen-bond donors (Lipinski definition) is 1. The molecule has 0 aliphatic carbocycles. The average molecular weight is 458 g/mol. The largest absolute Gasteiger partial charge is 0.538 e. The summed E-state index contributed by atoms with van der Waals surface area (Å²) in [5.41, 5.74) is -0.935. The van der Waals surface area contributed by atoms with Crippen LogP contribution in [-0.4, -0.2) is 16.4 Å². The molecule has 0 aliphatic rings. The van der Waals surface area contributed by atoms with Gasteiger partial charge in [-0.15, -0.1) is 0 Å². The van der Waals surface area contributed by atoms with Gasteiger partial charge >= 0.3 is 6.18 Å². The Balaban J connectivity index is 1.85. The fraction of sp³-hybridized carbons (Fsp3) is 0.211. The van der Waals surface area contributed by atoms with E-state index in [1.165, 1.54) is 10.7 Å². The smallest absolute Gasteiger partial charge is 0.418 e. The lowest BCUT2D eigenvalue weighted by Gasteiger charge is -2.17. The van der Waals surface area contributed by atoms with Gasteiger partial charge in [-0.25, -0.2) is 0 Å². The van der Waals surface area contributed by atoms with E-state index in [1.54, 1.807) is 37.3 Å². The molecule has 30 heavy (non-hydrogen) atoms. The molecule has 1 aromatic heterocycles. The van der Waals surface area contributed by atoms with E-state index in [2.05, 4.69) is 10.6 Å². The van der Waals surface area contributed by atoms with Gasteiger partial charge in [0.15, 0.2) is 5.95 Å². The highest BCUT2D eigenvalue weighted by molar-refractivity contribution is 8.00. The van der Waals surface area contributed by atoms with E-state index in [-0.39, 0.29) is 16.5 Å². The van der Waals surface area contributed by atoms with Crippen LogP contribution < -0.4 is 15.1 Å². The second-order valence-corrected chi connectivity index (χ2v) is 7.73. The molecule has 0 fully saturated rings. The number of anilines is 1. The first-order chi connectivity index (χ1) is 14.2. The van der Waals surface area contributed by atoms with Gasteiger partial charge in [-0.1, -0.05) is 36.7 Å². The number of halogens is 4. The third kappa shape index (κ3) is 4.88. The molecule has 1 unspecified atom stereocenters. The van der Waals surface area contributed by atoms with Crippen LogP contribution >= 0.6 is 23.4 Å². The monoisotopic (exact) mass is 457 g/mol. The maximum Gasteiger partial charge on any atom is 0.418 e. The number of benzene rings is 2. The Bertz CT molecular complexity index is 1040. The molecule has 158 valence electrons. The van der Waals surface area contributed by atoms with Crippen LogP contribution in [0.1, 0.15) is 18.9 Å². The molecule has 2 aromatic carbocycles. The van der Waals surface area contributed by atoms with E-state index in [1.807, 2.05) is 0 Å². The molecule has 0 bridgehead atoms. The number of hydrogen-bond acceptors (Lipinski definition) is 5. The molecule has 3 rings (SSSR count). The normalized spacial score (nSPS) is 12.6. The number of para-hydroxylation sites is 1. The van der Waals surface area contributed by atoms with Gasteiger partial charge in [-0.3, -0.25) is 4.79 Å². The lowest BCUT2D eigenvalue weighted by molar-refractivity contribution is -0.705. The number of thioether (sulfide) groups is 1. The minimum Gasteiger partial charge on any atom is -0.538 e. The lowest BCUT2D eigenvalue weighted by Crippen LogP contribution is -2.36. The van der Waals surface area contributed by atoms with Gasteiger partial charge in [0.1, 0.15) is 0 Å². The molecule has 1 amide bonds. The van der Waals surface area contributed by atoms with Crippen LogP contribution in [0.15, 0.2) is 58.1 Å². The van der Waals surface area contributed by atoms with Gasteiger partial charge in [-0.05, 0) is 41.1 Å². The summed E-state index contributed by atoms with van der Waals surface area (Å²) in [6.07, 6.45) is -4.46. The summed E-state index contributed by atoms with van der Waals surface area (Å²) in [7, 11) is 0. The zero-order valence-electron chi connectivity index (χ0n) is 15.4. The van der Waals surface area contributed by atoms with Crippen molar-refractivity contribution in [3.8, 4) is 11.6 Å². The quantitative estimate of drug-likeness (QED) is 0.443. The first-order valence-corrected chi connectivity index (χ1v) is 9.95. The van der Waals surface area contributed by atoms with Crippen molar-refractivity contribution >= 4 is 35.0 Å². The summed E-state index contributed by atoms with van der Waals surface area (Å²) < 4.78 is 45.8. The molecule has 0 saturated carbocycles. The predicted molar refractivity (Wildman–Crippen MR) is 103 cm³/mol. The van der Waals surface area contributed by atoms with E-state index in [4.69, 9.17) is 16.1 Å². The Morgan fingerprint density at radius 1 is 1.30 bits per heavy atom. The number of alkyl halides is 3. The molecule has 1 heterocycles. The van der Waals surface area contributed by atoms with Crippen LogP contribution in [0, 0.1) is 0 Å². The second-order valence-electron chi connectivity index (χ2n) is 6.10. The van der Waals surface area contributed by atoms with E-state index in [9.17, 15) is 23.1 Å². The number of rotatable bonds is 6. The fourth-order valence-electron chi connectivity index (χ4n) is 2.60. The Hall–Kier alpha value is -2.72. The number of aromatic nitrogens is 2. The summed E-state index contributed by atoms with van der Waals surface area (Å²) in [5.74, 6) is -1.45. The SMILES string of the molecule is CCC(Sc1c([O-])on[n+]1-c1ccccc1)C(=O)Nc1ccc(Cl)cc1C(F)(F)F. The first-order valence-electron chi connectivity index (χ1n) is 8.69. The van der Waals surface area contributed by atoms with Gasteiger partial charge in [-0.2, -0.15) is 13.2 Å². The van der Waals surface area contributed by atoms with Gasteiger partial charge < -0.3 is 14.9 Å². The third-order valence-electron chi connectivity index (χ3n) is 4.04. The van der Waals surface area contributed by atoms with Crippen molar-refractivity contribution in [3.63, 3.8) is 0 Å². The van der Waals surface area contributed by atoms with E-state index >= 15 is 0 Å². The second kappa shape index (κ2) is 8.97. The number of nitrogens with zero attached hydrogens (tertiary/aromatic N) is 2. The molecular formula is C19H15ClF3N3O3S. The molecule has 0 radical (unpaired) electrons. The maximum absolute atomic E-state index is 13.3. The highest BCUT2D eigenvalue weighted by Crippen LogP contribution is 2.37. The van der Waals surface area contributed by atoms with Crippen LogP contribution in [-0.2, 0) is 11.0 Å². The zero-order valence-corrected chi connectivity index (χ0v) is 17.0. The van der Waals surface area contributed by atoms with Gasteiger partial charge in [0.25, 0.3) is 5.03 Å². The number of nitrogens with one attached hydrogen (secondary N) is 1. The summed E-state index contributed by atoms with van der Waals surface area (Å²) in [5, 5.41) is 17.1. The van der Waals surface area contributed by atoms with Crippen LogP contribution in [0.2, 0.25) is 5.02 Å². The summed E-state index contributed by atoms with van der Waals surface area (Å²) >= 11 is 6.53. The van der Waals surface area contributed by atoms with E-state index < -0.39 is 34.5 Å². The summed E-state index contributed by atoms with van der Waals surface area (Å²) in [4.78, 5) is 12.7.